The fourth-order valence-electron chi connectivity index (χ4n) is 2.15. The van der Waals surface area contributed by atoms with Crippen LogP contribution in [0, 0.1) is 6.92 Å². The normalized spacial score (nSPS) is 10.9. The molecule has 22 heavy (non-hydrogen) atoms. The summed E-state index contributed by atoms with van der Waals surface area (Å²) >= 11 is 11.8. The van der Waals surface area contributed by atoms with E-state index in [1.54, 1.807) is 18.2 Å². The molecule has 0 saturated heterocycles. The van der Waals surface area contributed by atoms with Crippen LogP contribution in [0.4, 0.5) is 0 Å². The lowest BCUT2D eigenvalue weighted by Crippen LogP contribution is -2.22. The van der Waals surface area contributed by atoms with Crippen LogP contribution in [-0.4, -0.2) is 15.3 Å². The Morgan fingerprint density at radius 1 is 1.18 bits per heavy atom. The van der Waals surface area contributed by atoms with Crippen LogP contribution in [0.1, 0.15) is 21.6 Å². The molecule has 0 saturated carbocycles. The molecular weight excluding hydrogens is 321 g/mol. The van der Waals surface area contributed by atoms with Gasteiger partial charge in [0.25, 0.3) is 5.91 Å². The Kier molecular flexibility index (Phi) is 4.05. The predicted octanol–water partition coefficient (Wildman–Crippen LogP) is 3.88. The van der Waals surface area contributed by atoms with Crippen LogP contribution in [0.2, 0.25) is 10.0 Å². The van der Waals surface area contributed by atoms with Crippen molar-refractivity contribution in [3.05, 3.63) is 69.6 Å². The molecule has 0 spiro atoms. The van der Waals surface area contributed by atoms with Crippen molar-refractivity contribution in [3.63, 3.8) is 0 Å². The highest BCUT2D eigenvalue weighted by Gasteiger charge is 2.09. The number of nitrogens with one attached hydrogen (secondary N) is 1. The van der Waals surface area contributed by atoms with Crippen molar-refractivity contribution >= 4 is 34.8 Å². The van der Waals surface area contributed by atoms with Crippen molar-refractivity contribution in [2.75, 3.05) is 0 Å². The molecule has 1 aromatic carbocycles. The van der Waals surface area contributed by atoms with Gasteiger partial charge >= 0.3 is 0 Å². The topological polar surface area (TPSA) is 46.4 Å². The number of aromatic nitrogens is 2. The number of hydrogen-bond acceptors (Lipinski definition) is 2. The van der Waals surface area contributed by atoms with Crippen molar-refractivity contribution < 1.29 is 4.79 Å². The highest BCUT2D eigenvalue weighted by Crippen LogP contribution is 2.22. The molecule has 0 fully saturated rings. The van der Waals surface area contributed by atoms with Crippen LogP contribution >= 0.6 is 23.2 Å². The maximum atomic E-state index is 12.1. The SMILES string of the molecule is Cc1ccc2nc(CNC(=O)c3ccc(Cl)c(Cl)c3)cn2c1. The molecule has 3 aromatic rings. The number of carbonyl (C=O) groups excluding carboxylic acids is 1. The van der Waals surface area contributed by atoms with Crippen molar-refractivity contribution in [2.24, 2.45) is 0 Å². The van der Waals surface area contributed by atoms with E-state index in [1.165, 1.54) is 0 Å². The maximum Gasteiger partial charge on any atom is 0.251 e. The summed E-state index contributed by atoms with van der Waals surface area (Å²) in [5.74, 6) is -0.216. The van der Waals surface area contributed by atoms with Gasteiger partial charge in [-0.3, -0.25) is 4.79 Å². The van der Waals surface area contributed by atoms with Crippen LogP contribution in [0.25, 0.3) is 5.65 Å². The van der Waals surface area contributed by atoms with Gasteiger partial charge in [-0.2, -0.15) is 0 Å². The van der Waals surface area contributed by atoms with Crippen molar-refractivity contribution in [2.45, 2.75) is 13.5 Å². The molecule has 0 unspecified atom stereocenters. The van der Waals surface area contributed by atoms with E-state index < -0.39 is 0 Å². The van der Waals surface area contributed by atoms with Crippen molar-refractivity contribution in [1.29, 1.82) is 0 Å². The molecule has 112 valence electrons. The first kappa shape index (κ1) is 14.9. The van der Waals surface area contributed by atoms with Crippen LogP contribution in [0.15, 0.2) is 42.7 Å². The number of nitrogens with zero attached hydrogens (tertiary/aromatic N) is 2. The van der Waals surface area contributed by atoms with Gasteiger partial charge in [0.15, 0.2) is 0 Å². The fraction of sp³-hybridized carbons (Fsp3) is 0.125. The lowest BCUT2D eigenvalue weighted by Gasteiger charge is -2.04. The number of halogens is 2. The standard InChI is InChI=1S/C16H13Cl2N3O/c1-10-2-5-15-20-12(9-21(15)8-10)7-19-16(22)11-3-4-13(17)14(18)6-11/h2-6,8-9H,7H2,1H3,(H,19,22). The van der Waals surface area contributed by atoms with Crippen LogP contribution in [0.5, 0.6) is 0 Å². The number of pyridine rings is 1. The van der Waals surface area contributed by atoms with Crippen molar-refractivity contribution in [3.8, 4) is 0 Å². The molecule has 0 aliphatic rings. The van der Waals surface area contributed by atoms with E-state index in [-0.39, 0.29) is 5.91 Å². The molecule has 0 bridgehead atoms. The van der Waals surface area contributed by atoms with Crippen molar-refractivity contribution in [1.82, 2.24) is 14.7 Å². The Balaban J connectivity index is 1.72. The molecule has 1 amide bonds. The van der Waals surface area contributed by atoms with E-state index in [2.05, 4.69) is 10.3 Å². The molecular formula is C16H13Cl2N3O. The van der Waals surface area contributed by atoms with E-state index in [0.717, 1.165) is 16.9 Å². The Labute approximate surface area is 137 Å². The third-order valence-corrected chi connectivity index (χ3v) is 4.00. The summed E-state index contributed by atoms with van der Waals surface area (Å²) in [5, 5.41) is 3.60. The number of carbonyl (C=O) groups is 1. The molecule has 1 N–H and O–H groups in total. The zero-order chi connectivity index (χ0) is 15.7. The summed E-state index contributed by atoms with van der Waals surface area (Å²) in [6.45, 7) is 2.37. The van der Waals surface area contributed by atoms with E-state index >= 15 is 0 Å². The minimum Gasteiger partial charge on any atom is -0.346 e. The van der Waals surface area contributed by atoms with Gasteiger partial charge in [0, 0.05) is 18.0 Å². The lowest BCUT2D eigenvalue weighted by molar-refractivity contribution is 0.0950. The average molecular weight is 334 g/mol. The number of fused-ring (bicyclic) bond motifs is 1. The summed E-state index contributed by atoms with van der Waals surface area (Å²) < 4.78 is 1.94. The molecule has 6 heteroatoms. The second kappa shape index (κ2) is 5.99. The Bertz CT molecular complexity index is 858. The third-order valence-electron chi connectivity index (χ3n) is 3.26. The molecule has 0 atom stereocenters. The maximum absolute atomic E-state index is 12.1. The van der Waals surface area contributed by atoms with E-state index in [1.807, 2.05) is 35.9 Å². The predicted molar refractivity (Wildman–Crippen MR) is 87.6 cm³/mol. The van der Waals surface area contributed by atoms with Gasteiger partial charge in [0.1, 0.15) is 5.65 Å². The van der Waals surface area contributed by atoms with Gasteiger partial charge in [-0.05, 0) is 36.8 Å². The quantitative estimate of drug-likeness (QED) is 0.790. The average Bonchev–Trinajstić information content (AvgIpc) is 2.89. The fourth-order valence-corrected chi connectivity index (χ4v) is 2.45. The molecule has 0 aliphatic carbocycles. The van der Waals surface area contributed by atoms with Gasteiger partial charge < -0.3 is 9.72 Å². The number of imidazole rings is 1. The van der Waals surface area contributed by atoms with Crippen LogP contribution in [-0.2, 0) is 6.54 Å². The third kappa shape index (κ3) is 3.08. The molecule has 2 aromatic heterocycles. The largest absolute Gasteiger partial charge is 0.346 e. The van der Waals surface area contributed by atoms with E-state index in [9.17, 15) is 4.79 Å². The monoisotopic (exact) mass is 333 g/mol. The van der Waals surface area contributed by atoms with Gasteiger partial charge in [0.05, 0.1) is 22.3 Å². The highest BCUT2D eigenvalue weighted by atomic mass is 35.5. The lowest BCUT2D eigenvalue weighted by atomic mass is 10.2. The van der Waals surface area contributed by atoms with Gasteiger partial charge in [-0.15, -0.1) is 0 Å². The number of benzene rings is 1. The summed E-state index contributed by atoms with van der Waals surface area (Å²) in [5.41, 5.74) is 3.26. The molecule has 2 heterocycles. The summed E-state index contributed by atoms with van der Waals surface area (Å²) in [7, 11) is 0. The van der Waals surface area contributed by atoms with Gasteiger partial charge in [-0.25, -0.2) is 4.98 Å². The van der Waals surface area contributed by atoms with Crippen LogP contribution < -0.4 is 5.32 Å². The van der Waals surface area contributed by atoms with Gasteiger partial charge in [-0.1, -0.05) is 29.3 Å². The molecule has 4 nitrogen and oxygen atoms in total. The van der Waals surface area contributed by atoms with Gasteiger partial charge in [0.2, 0.25) is 0 Å². The number of hydrogen-bond donors (Lipinski definition) is 1. The minimum absolute atomic E-state index is 0.216. The molecule has 0 radical (unpaired) electrons. The number of rotatable bonds is 3. The smallest absolute Gasteiger partial charge is 0.251 e. The Morgan fingerprint density at radius 2 is 2.00 bits per heavy atom. The minimum atomic E-state index is -0.216. The first-order valence-corrected chi connectivity index (χ1v) is 7.46. The summed E-state index contributed by atoms with van der Waals surface area (Å²) in [6.07, 6.45) is 3.89. The van der Waals surface area contributed by atoms with E-state index in [4.69, 9.17) is 23.2 Å². The van der Waals surface area contributed by atoms with E-state index in [0.29, 0.717) is 22.2 Å². The second-order valence-electron chi connectivity index (χ2n) is 5.02. The molecule has 3 rings (SSSR count). The zero-order valence-electron chi connectivity index (χ0n) is 11.8. The zero-order valence-corrected chi connectivity index (χ0v) is 13.3. The second-order valence-corrected chi connectivity index (χ2v) is 5.83. The Morgan fingerprint density at radius 3 is 2.77 bits per heavy atom. The first-order chi connectivity index (χ1) is 10.5. The molecule has 0 aliphatic heterocycles. The first-order valence-electron chi connectivity index (χ1n) is 6.70. The summed E-state index contributed by atoms with van der Waals surface area (Å²) in [6, 6.07) is 8.73. The number of aryl methyl sites for hydroxylation is 1. The Hall–Kier alpha value is -2.04. The highest BCUT2D eigenvalue weighted by molar-refractivity contribution is 6.42. The van der Waals surface area contributed by atoms with Crippen LogP contribution in [0.3, 0.4) is 0 Å². The number of amides is 1. The summed E-state index contributed by atoms with van der Waals surface area (Å²) in [4.78, 5) is 16.6.